The molecule has 3 rings (SSSR count). The first kappa shape index (κ1) is 11.7. The minimum atomic E-state index is 0.291. The standard InChI is InChI=1S/C13H18IN3/c1-13(2,3)9-8-10-7(5-4-6-15-10)16-12(8)17-11(9)14/h4-6,8-9,11-12,16-17H,1-3H3. The van der Waals surface area contributed by atoms with Gasteiger partial charge in [0.05, 0.1) is 21.6 Å². The van der Waals surface area contributed by atoms with Crippen LogP contribution in [0.1, 0.15) is 32.4 Å². The summed E-state index contributed by atoms with van der Waals surface area (Å²) < 4.78 is 0.505. The first-order chi connectivity index (χ1) is 7.98. The summed E-state index contributed by atoms with van der Waals surface area (Å²) in [6.07, 6.45) is 2.26. The van der Waals surface area contributed by atoms with E-state index in [0.717, 1.165) is 0 Å². The average molecular weight is 343 g/mol. The number of rotatable bonds is 0. The van der Waals surface area contributed by atoms with Gasteiger partial charge in [0.15, 0.2) is 0 Å². The fourth-order valence-electron chi connectivity index (χ4n) is 3.18. The number of nitrogens with zero attached hydrogens (tertiary/aromatic N) is 1. The molecule has 0 aromatic carbocycles. The number of fused-ring (bicyclic) bond motifs is 3. The van der Waals surface area contributed by atoms with Crippen molar-refractivity contribution in [1.82, 2.24) is 10.3 Å². The summed E-state index contributed by atoms with van der Waals surface area (Å²) in [5, 5.41) is 7.21. The lowest BCUT2D eigenvalue weighted by molar-refractivity contribution is 0.230. The number of nitrogens with one attached hydrogen (secondary N) is 2. The quantitative estimate of drug-likeness (QED) is 0.432. The van der Waals surface area contributed by atoms with Crippen LogP contribution in [0.3, 0.4) is 0 Å². The Bertz CT molecular complexity index is 441. The SMILES string of the molecule is CC(C)(C)C1C(I)NC2Nc3cccnc3C21. The molecule has 1 fully saturated rings. The summed E-state index contributed by atoms with van der Waals surface area (Å²) in [7, 11) is 0. The third-order valence-electron chi connectivity index (χ3n) is 3.87. The van der Waals surface area contributed by atoms with Crippen molar-refractivity contribution >= 4 is 28.3 Å². The molecule has 0 amide bonds. The molecule has 0 bridgehead atoms. The summed E-state index contributed by atoms with van der Waals surface area (Å²) >= 11 is 2.53. The molecule has 3 nitrogen and oxygen atoms in total. The second kappa shape index (κ2) is 3.82. The zero-order valence-corrected chi connectivity index (χ0v) is 12.5. The highest BCUT2D eigenvalue weighted by atomic mass is 127. The van der Waals surface area contributed by atoms with Crippen LogP contribution in [-0.4, -0.2) is 15.2 Å². The van der Waals surface area contributed by atoms with Gasteiger partial charge in [-0.15, -0.1) is 0 Å². The number of pyridine rings is 1. The molecule has 1 aromatic heterocycles. The highest BCUT2D eigenvalue weighted by Gasteiger charge is 2.51. The van der Waals surface area contributed by atoms with Crippen LogP contribution >= 0.6 is 22.6 Å². The number of hydrogen-bond acceptors (Lipinski definition) is 3. The van der Waals surface area contributed by atoms with Crippen molar-refractivity contribution in [2.24, 2.45) is 11.3 Å². The minimum absolute atomic E-state index is 0.291. The molecule has 2 aliphatic rings. The Morgan fingerprint density at radius 2 is 2.12 bits per heavy atom. The van der Waals surface area contributed by atoms with Gasteiger partial charge < -0.3 is 5.32 Å². The second-order valence-electron chi connectivity index (χ2n) is 6.04. The van der Waals surface area contributed by atoms with E-state index < -0.39 is 0 Å². The zero-order valence-electron chi connectivity index (χ0n) is 10.4. The van der Waals surface area contributed by atoms with Crippen molar-refractivity contribution in [2.75, 3.05) is 5.32 Å². The lowest BCUT2D eigenvalue weighted by Gasteiger charge is -2.32. The maximum atomic E-state index is 4.59. The Labute approximate surface area is 116 Å². The van der Waals surface area contributed by atoms with Crippen LogP contribution in [0.15, 0.2) is 18.3 Å². The lowest BCUT2D eigenvalue weighted by atomic mass is 9.73. The molecular weight excluding hydrogens is 325 g/mol. The van der Waals surface area contributed by atoms with Crippen LogP contribution in [0.25, 0.3) is 0 Å². The highest BCUT2D eigenvalue weighted by Crippen LogP contribution is 2.51. The number of halogens is 1. The molecule has 2 aliphatic heterocycles. The van der Waals surface area contributed by atoms with E-state index in [0.29, 0.717) is 27.5 Å². The van der Waals surface area contributed by atoms with Gasteiger partial charge in [0.1, 0.15) is 0 Å². The van der Waals surface area contributed by atoms with Crippen LogP contribution in [0.4, 0.5) is 5.69 Å². The summed E-state index contributed by atoms with van der Waals surface area (Å²) in [6.45, 7) is 6.98. The van der Waals surface area contributed by atoms with Gasteiger partial charge >= 0.3 is 0 Å². The highest BCUT2D eigenvalue weighted by molar-refractivity contribution is 14.1. The lowest BCUT2D eigenvalue weighted by Crippen LogP contribution is -2.33. The van der Waals surface area contributed by atoms with E-state index in [-0.39, 0.29) is 0 Å². The summed E-state index contributed by atoms with van der Waals surface area (Å²) in [4.78, 5) is 4.59. The summed E-state index contributed by atoms with van der Waals surface area (Å²) in [6, 6.07) is 4.13. The molecular formula is C13H18IN3. The molecule has 4 heteroatoms. The fourth-order valence-corrected chi connectivity index (χ4v) is 5.09. The van der Waals surface area contributed by atoms with Crippen molar-refractivity contribution in [3.05, 3.63) is 24.0 Å². The first-order valence-electron chi connectivity index (χ1n) is 6.10. The molecule has 4 atom stereocenters. The van der Waals surface area contributed by atoms with Crippen LogP contribution in [0.5, 0.6) is 0 Å². The molecule has 1 aromatic rings. The maximum absolute atomic E-state index is 4.59. The fraction of sp³-hybridized carbons (Fsp3) is 0.615. The van der Waals surface area contributed by atoms with Crippen molar-refractivity contribution in [3.63, 3.8) is 0 Å². The van der Waals surface area contributed by atoms with Gasteiger partial charge in [0, 0.05) is 18.0 Å². The molecule has 0 aliphatic carbocycles. The van der Waals surface area contributed by atoms with Gasteiger partial charge in [0.2, 0.25) is 0 Å². The van der Waals surface area contributed by atoms with Crippen molar-refractivity contribution < 1.29 is 0 Å². The maximum Gasteiger partial charge on any atom is 0.0866 e. The Morgan fingerprint density at radius 3 is 2.82 bits per heavy atom. The van der Waals surface area contributed by atoms with Crippen LogP contribution in [0.2, 0.25) is 0 Å². The topological polar surface area (TPSA) is 37.0 Å². The zero-order chi connectivity index (χ0) is 12.2. The number of aromatic nitrogens is 1. The van der Waals surface area contributed by atoms with Gasteiger partial charge in [0.25, 0.3) is 0 Å². The smallest absolute Gasteiger partial charge is 0.0866 e. The van der Waals surface area contributed by atoms with Gasteiger partial charge in [-0.1, -0.05) is 43.4 Å². The summed E-state index contributed by atoms with van der Waals surface area (Å²) in [5.41, 5.74) is 2.73. The molecule has 92 valence electrons. The molecule has 3 heterocycles. The van der Waals surface area contributed by atoms with Gasteiger partial charge in [-0.05, 0) is 17.5 Å². The average Bonchev–Trinajstić information content (AvgIpc) is 2.70. The van der Waals surface area contributed by atoms with Gasteiger partial charge in [-0.25, -0.2) is 0 Å². The van der Waals surface area contributed by atoms with Crippen molar-refractivity contribution in [3.8, 4) is 0 Å². The third kappa shape index (κ3) is 1.76. The second-order valence-corrected chi connectivity index (χ2v) is 7.39. The van der Waals surface area contributed by atoms with E-state index >= 15 is 0 Å². The van der Waals surface area contributed by atoms with Crippen molar-refractivity contribution in [1.29, 1.82) is 0 Å². The van der Waals surface area contributed by atoms with Crippen LogP contribution in [0, 0.1) is 11.3 Å². The molecule has 2 N–H and O–H groups in total. The predicted molar refractivity (Wildman–Crippen MR) is 78.3 cm³/mol. The first-order valence-corrected chi connectivity index (χ1v) is 7.34. The van der Waals surface area contributed by atoms with Crippen LogP contribution < -0.4 is 10.6 Å². The molecule has 0 radical (unpaired) electrons. The minimum Gasteiger partial charge on any atom is -0.368 e. The van der Waals surface area contributed by atoms with E-state index in [4.69, 9.17) is 0 Å². The van der Waals surface area contributed by atoms with E-state index in [1.807, 2.05) is 12.3 Å². The number of hydrogen-bond donors (Lipinski definition) is 2. The Morgan fingerprint density at radius 1 is 1.35 bits per heavy atom. The molecule has 0 spiro atoms. The summed E-state index contributed by atoms with van der Waals surface area (Å²) in [5.74, 6) is 1.10. The van der Waals surface area contributed by atoms with Crippen molar-refractivity contribution in [2.45, 2.75) is 36.9 Å². The molecule has 0 saturated carbocycles. The predicted octanol–water partition coefficient (Wildman–Crippen LogP) is 2.94. The normalized spacial score (nSPS) is 35.3. The third-order valence-corrected chi connectivity index (χ3v) is 5.00. The van der Waals surface area contributed by atoms with Gasteiger partial charge in [-0.3, -0.25) is 10.3 Å². The Hall–Kier alpha value is -0.360. The number of alkyl halides is 1. The molecule has 1 saturated heterocycles. The monoisotopic (exact) mass is 343 g/mol. The van der Waals surface area contributed by atoms with E-state index in [1.165, 1.54) is 11.4 Å². The van der Waals surface area contributed by atoms with Gasteiger partial charge in [-0.2, -0.15) is 0 Å². The van der Waals surface area contributed by atoms with E-state index in [9.17, 15) is 0 Å². The number of anilines is 1. The van der Waals surface area contributed by atoms with E-state index in [1.54, 1.807) is 0 Å². The Kier molecular flexibility index (Phi) is 2.63. The Balaban J connectivity index is 2.04. The molecule has 17 heavy (non-hydrogen) atoms. The van der Waals surface area contributed by atoms with Crippen LogP contribution in [-0.2, 0) is 0 Å². The molecule has 4 unspecified atom stereocenters. The largest absolute Gasteiger partial charge is 0.368 e. The van der Waals surface area contributed by atoms with E-state index in [2.05, 4.69) is 65.0 Å².